The van der Waals surface area contributed by atoms with Crippen LogP contribution in [0.15, 0.2) is 53.9 Å². The van der Waals surface area contributed by atoms with Crippen molar-refractivity contribution in [1.29, 1.82) is 0 Å². The molecule has 2 aromatic carbocycles. The number of nitrogens with one attached hydrogen (secondary N) is 2. The highest BCUT2D eigenvalue weighted by Crippen LogP contribution is 2.19. The van der Waals surface area contributed by atoms with Crippen LogP contribution in [0.4, 0.5) is 5.69 Å². The van der Waals surface area contributed by atoms with Crippen molar-refractivity contribution in [1.82, 2.24) is 10.3 Å². The number of hydrogen-bond acceptors (Lipinski definition) is 5. The first-order chi connectivity index (χ1) is 13.5. The molecule has 1 heterocycles. The number of para-hydroxylation sites is 1. The summed E-state index contributed by atoms with van der Waals surface area (Å²) in [6, 6.07) is 13.9. The predicted molar refractivity (Wildman–Crippen MR) is 110 cm³/mol. The van der Waals surface area contributed by atoms with Crippen LogP contribution in [0.5, 0.6) is 5.75 Å². The Morgan fingerprint density at radius 3 is 2.64 bits per heavy atom. The van der Waals surface area contributed by atoms with Crippen LogP contribution < -0.4 is 15.4 Å². The van der Waals surface area contributed by atoms with Crippen molar-refractivity contribution in [2.45, 2.75) is 13.0 Å². The second kappa shape index (κ2) is 9.34. The molecule has 0 saturated carbocycles. The summed E-state index contributed by atoms with van der Waals surface area (Å²) >= 11 is 7.27. The smallest absolute Gasteiger partial charge is 0.253 e. The third-order valence-corrected chi connectivity index (χ3v) is 4.91. The summed E-state index contributed by atoms with van der Waals surface area (Å²) in [6.07, 6.45) is 0.111. The van der Waals surface area contributed by atoms with Crippen LogP contribution in [0, 0.1) is 0 Å². The van der Waals surface area contributed by atoms with Crippen LogP contribution in [-0.2, 0) is 17.8 Å². The van der Waals surface area contributed by atoms with Gasteiger partial charge in [0, 0.05) is 17.5 Å². The van der Waals surface area contributed by atoms with Gasteiger partial charge in [-0.1, -0.05) is 23.7 Å². The van der Waals surface area contributed by atoms with Crippen LogP contribution >= 0.6 is 22.9 Å². The lowest BCUT2D eigenvalue weighted by Gasteiger charge is -2.09. The summed E-state index contributed by atoms with van der Waals surface area (Å²) in [5.41, 5.74) is 1.52. The van der Waals surface area contributed by atoms with Gasteiger partial charge < -0.3 is 15.4 Å². The van der Waals surface area contributed by atoms with E-state index in [9.17, 15) is 9.59 Å². The molecule has 2 N–H and O–H groups in total. The molecule has 0 fully saturated rings. The Hall–Kier alpha value is -2.90. The molecule has 28 heavy (non-hydrogen) atoms. The average molecular weight is 416 g/mol. The number of hydrogen-bond donors (Lipinski definition) is 2. The van der Waals surface area contributed by atoms with Gasteiger partial charge in [-0.05, 0) is 36.4 Å². The number of aromatic nitrogens is 1. The predicted octanol–water partition coefficient (Wildman–Crippen LogP) is 3.92. The number of anilines is 1. The first kappa shape index (κ1) is 19.9. The van der Waals surface area contributed by atoms with Gasteiger partial charge in [0.1, 0.15) is 17.4 Å². The average Bonchev–Trinajstić information content (AvgIpc) is 3.14. The highest BCUT2D eigenvalue weighted by molar-refractivity contribution is 7.09. The molecule has 0 bridgehead atoms. The van der Waals surface area contributed by atoms with Gasteiger partial charge in [-0.2, -0.15) is 0 Å². The van der Waals surface area contributed by atoms with Crippen molar-refractivity contribution < 1.29 is 14.3 Å². The van der Waals surface area contributed by atoms with Gasteiger partial charge in [0.15, 0.2) is 0 Å². The number of halogens is 1. The molecule has 6 nitrogen and oxygen atoms in total. The van der Waals surface area contributed by atoms with E-state index in [0.717, 1.165) is 5.01 Å². The van der Waals surface area contributed by atoms with Crippen molar-refractivity contribution in [2.75, 3.05) is 12.4 Å². The summed E-state index contributed by atoms with van der Waals surface area (Å²) in [5.74, 6) is 0.197. The highest BCUT2D eigenvalue weighted by atomic mass is 35.5. The zero-order valence-corrected chi connectivity index (χ0v) is 16.6. The maximum Gasteiger partial charge on any atom is 0.253 e. The summed E-state index contributed by atoms with van der Waals surface area (Å²) in [4.78, 5) is 28.7. The van der Waals surface area contributed by atoms with Crippen LogP contribution in [0.3, 0.4) is 0 Å². The van der Waals surface area contributed by atoms with Crippen molar-refractivity contribution in [2.24, 2.45) is 0 Å². The molecular formula is C20H18ClN3O3S. The summed E-state index contributed by atoms with van der Waals surface area (Å²) in [5, 5.41) is 8.56. The summed E-state index contributed by atoms with van der Waals surface area (Å²) < 4.78 is 5.66. The SMILES string of the molecule is CNC(=O)c1ccccc1NC(=O)Cc1csc(COc2ccc(Cl)cc2)n1. The lowest BCUT2D eigenvalue weighted by Crippen LogP contribution is -2.22. The highest BCUT2D eigenvalue weighted by Gasteiger charge is 2.13. The molecule has 0 aliphatic rings. The Balaban J connectivity index is 1.57. The molecule has 2 amide bonds. The molecular weight excluding hydrogens is 398 g/mol. The van der Waals surface area contributed by atoms with Gasteiger partial charge in [-0.15, -0.1) is 11.3 Å². The maximum absolute atomic E-state index is 12.3. The molecule has 3 aromatic rings. The summed E-state index contributed by atoms with van der Waals surface area (Å²) in [7, 11) is 1.55. The van der Waals surface area contributed by atoms with Gasteiger partial charge in [0.05, 0.1) is 23.4 Å². The quantitative estimate of drug-likeness (QED) is 0.613. The molecule has 8 heteroatoms. The minimum absolute atomic E-state index is 0.111. The van der Waals surface area contributed by atoms with E-state index >= 15 is 0 Å². The van der Waals surface area contributed by atoms with E-state index in [2.05, 4.69) is 15.6 Å². The zero-order chi connectivity index (χ0) is 19.9. The second-order valence-electron chi connectivity index (χ2n) is 5.82. The number of benzene rings is 2. The van der Waals surface area contributed by atoms with E-state index in [4.69, 9.17) is 16.3 Å². The molecule has 0 spiro atoms. The van der Waals surface area contributed by atoms with E-state index in [0.29, 0.717) is 34.3 Å². The Kier molecular flexibility index (Phi) is 6.62. The van der Waals surface area contributed by atoms with Crippen molar-refractivity contribution in [3.8, 4) is 5.75 Å². The van der Waals surface area contributed by atoms with Crippen molar-refractivity contribution in [3.05, 3.63) is 75.2 Å². The number of carbonyl (C=O) groups excluding carboxylic acids is 2. The van der Waals surface area contributed by atoms with Gasteiger partial charge >= 0.3 is 0 Å². The largest absolute Gasteiger partial charge is 0.486 e. The minimum atomic E-state index is -0.258. The molecule has 144 valence electrons. The minimum Gasteiger partial charge on any atom is -0.486 e. The molecule has 0 aliphatic heterocycles. The first-order valence-corrected chi connectivity index (χ1v) is 9.73. The number of carbonyl (C=O) groups is 2. The third-order valence-electron chi connectivity index (χ3n) is 3.79. The van der Waals surface area contributed by atoms with Crippen molar-refractivity contribution in [3.63, 3.8) is 0 Å². The Morgan fingerprint density at radius 2 is 1.89 bits per heavy atom. The zero-order valence-electron chi connectivity index (χ0n) is 15.1. The van der Waals surface area contributed by atoms with Crippen LogP contribution in [0.2, 0.25) is 5.02 Å². The Bertz CT molecular complexity index is 973. The molecule has 0 atom stereocenters. The van der Waals surface area contributed by atoms with E-state index in [1.54, 1.807) is 55.6 Å². The van der Waals surface area contributed by atoms with E-state index < -0.39 is 0 Å². The number of rotatable bonds is 7. The molecule has 0 radical (unpaired) electrons. The van der Waals surface area contributed by atoms with Crippen LogP contribution in [0.25, 0.3) is 0 Å². The van der Waals surface area contributed by atoms with Gasteiger partial charge in [0.2, 0.25) is 5.91 Å². The number of thiazole rings is 1. The third kappa shape index (κ3) is 5.31. The molecule has 0 aliphatic carbocycles. The van der Waals surface area contributed by atoms with Gasteiger partial charge in [-0.25, -0.2) is 4.98 Å². The molecule has 0 saturated heterocycles. The first-order valence-electron chi connectivity index (χ1n) is 8.48. The van der Waals surface area contributed by atoms with Crippen molar-refractivity contribution >= 4 is 40.4 Å². The fourth-order valence-corrected chi connectivity index (χ4v) is 3.29. The number of nitrogens with zero attached hydrogens (tertiary/aromatic N) is 1. The van der Waals surface area contributed by atoms with Crippen LogP contribution in [0.1, 0.15) is 21.1 Å². The van der Waals surface area contributed by atoms with E-state index in [1.165, 1.54) is 11.3 Å². The topological polar surface area (TPSA) is 80.3 Å². The Morgan fingerprint density at radius 1 is 1.14 bits per heavy atom. The van der Waals surface area contributed by atoms with Gasteiger partial charge in [-0.3, -0.25) is 9.59 Å². The molecule has 3 rings (SSSR count). The fraction of sp³-hybridized carbons (Fsp3) is 0.150. The maximum atomic E-state index is 12.3. The van der Waals surface area contributed by atoms with Crippen LogP contribution in [-0.4, -0.2) is 23.8 Å². The normalized spacial score (nSPS) is 10.4. The van der Waals surface area contributed by atoms with E-state index in [-0.39, 0.29) is 18.2 Å². The monoisotopic (exact) mass is 415 g/mol. The second-order valence-corrected chi connectivity index (χ2v) is 7.20. The number of amides is 2. The van der Waals surface area contributed by atoms with E-state index in [1.807, 2.05) is 5.38 Å². The molecule has 1 aromatic heterocycles. The summed E-state index contributed by atoms with van der Waals surface area (Å²) in [6.45, 7) is 0.313. The number of ether oxygens (including phenoxy) is 1. The fourth-order valence-electron chi connectivity index (χ4n) is 2.46. The van der Waals surface area contributed by atoms with Gasteiger partial charge in [0.25, 0.3) is 5.91 Å². The Labute approximate surface area is 171 Å². The standard InChI is InChI=1S/C20H18ClN3O3S/c1-22-20(26)16-4-2-3-5-17(16)24-18(25)10-14-12-28-19(23-14)11-27-15-8-6-13(21)7-9-15/h2-9,12H,10-11H2,1H3,(H,22,26)(H,24,25). The molecule has 0 unspecified atom stereocenters. The lowest BCUT2D eigenvalue weighted by molar-refractivity contribution is -0.115. The lowest BCUT2D eigenvalue weighted by atomic mass is 10.1.